The molecule has 5 heteroatoms. The fourth-order valence-corrected chi connectivity index (χ4v) is 1.46. The highest BCUT2D eigenvalue weighted by atomic mass is 16.4. The Morgan fingerprint density at radius 3 is 2.37 bits per heavy atom. The number of benzene rings is 1. The van der Waals surface area contributed by atoms with Crippen molar-refractivity contribution in [1.82, 2.24) is 5.32 Å². The molecule has 0 saturated heterocycles. The van der Waals surface area contributed by atoms with Gasteiger partial charge in [0.05, 0.1) is 5.56 Å². The number of amides is 1. The molecular weight excluding hydrogens is 244 g/mol. The maximum Gasteiger partial charge on any atom is 0.335 e. The van der Waals surface area contributed by atoms with E-state index in [0.717, 1.165) is 5.69 Å². The van der Waals surface area contributed by atoms with E-state index in [2.05, 4.69) is 10.6 Å². The van der Waals surface area contributed by atoms with E-state index in [-0.39, 0.29) is 11.5 Å². The van der Waals surface area contributed by atoms with E-state index in [1.165, 1.54) is 12.1 Å². The van der Waals surface area contributed by atoms with Crippen molar-refractivity contribution in [2.24, 2.45) is 5.92 Å². The minimum atomic E-state index is -0.945. The standard InChI is InChI=1S/C14H20N2O3/c1-10(2)9-16-13(17)7-8-15-12-5-3-11(4-6-12)14(18)19/h3-6,10,15H,7-9H2,1-2H3,(H,16,17)(H,18,19). The van der Waals surface area contributed by atoms with Crippen molar-refractivity contribution in [2.75, 3.05) is 18.4 Å². The summed E-state index contributed by atoms with van der Waals surface area (Å²) in [5, 5.41) is 14.7. The molecule has 0 radical (unpaired) electrons. The summed E-state index contributed by atoms with van der Waals surface area (Å²) in [7, 11) is 0. The molecule has 1 rings (SSSR count). The number of hydrogen-bond acceptors (Lipinski definition) is 3. The lowest BCUT2D eigenvalue weighted by molar-refractivity contribution is -0.120. The maximum absolute atomic E-state index is 11.5. The fraction of sp³-hybridized carbons (Fsp3) is 0.429. The summed E-state index contributed by atoms with van der Waals surface area (Å²) < 4.78 is 0. The van der Waals surface area contributed by atoms with Crippen LogP contribution in [-0.2, 0) is 4.79 Å². The second-order valence-corrected chi connectivity index (χ2v) is 4.76. The minimum Gasteiger partial charge on any atom is -0.478 e. The van der Waals surface area contributed by atoms with Crippen LogP contribution in [0.1, 0.15) is 30.6 Å². The zero-order valence-electron chi connectivity index (χ0n) is 11.3. The number of hydrogen-bond donors (Lipinski definition) is 3. The largest absolute Gasteiger partial charge is 0.478 e. The van der Waals surface area contributed by atoms with Crippen LogP contribution >= 0.6 is 0 Å². The van der Waals surface area contributed by atoms with Crippen molar-refractivity contribution >= 4 is 17.6 Å². The summed E-state index contributed by atoms with van der Waals surface area (Å²) in [6, 6.07) is 6.44. The Labute approximate surface area is 113 Å². The average molecular weight is 264 g/mol. The van der Waals surface area contributed by atoms with Crippen molar-refractivity contribution in [3.8, 4) is 0 Å². The predicted octanol–water partition coefficient (Wildman–Crippen LogP) is 1.96. The van der Waals surface area contributed by atoms with Gasteiger partial charge < -0.3 is 15.7 Å². The molecule has 5 nitrogen and oxygen atoms in total. The van der Waals surface area contributed by atoms with Crippen LogP contribution in [-0.4, -0.2) is 30.1 Å². The number of nitrogens with one attached hydrogen (secondary N) is 2. The maximum atomic E-state index is 11.5. The number of carboxylic acids is 1. The highest BCUT2D eigenvalue weighted by molar-refractivity contribution is 5.88. The van der Waals surface area contributed by atoms with E-state index < -0.39 is 5.97 Å². The summed E-state index contributed by atoms with van der Waals surface area (Å²) in [5.74, 6) is -0.483. The first-order valence-corrected chi connectivity index (χ1v) is 6.33. The fourth-order valence-electron chi connectivity index (χ4n) is 1.46. The second-order valence-electron chi connectivity index (χ2n) is 4.76. The van der Waals surface area contributed by atoms with Gasteiger partial charge in [0.15, 0.2) is 0 Å². The summed E-state index contributed by atoms with van der Waals surface area (Å²) >= 11 is 0. The number of carbonyl (C=O) groups excluding carboxylic acids is 1. The Kier molecular flexibility index (Phi) is 5.85. The zero-order chi connectivity index (χ0) is 14.3. The third-order valence-corrected chi connectivity index (χ3v) is 2.52. The number of aromatic carboxylic acids is 1. The topological polar surface area (TPSA) is 78.4 Å². The summed E-state index contributed by atoms with van der Waals surface area (Å²) in [4.78, 5) is 22.1. The molecule has 0 bridgehead atoms. The van der Waals surface area contributed by atoms with Gasteiger partial charge in [-0.15, -0.1) is 0 Å². The van der Waals surface area contributed by atoms with Crippen LogP contribution in [0, 0.1) is 5.92 Å². The van der Waals surface area contributed by atoms with Gasteiger partial charge in [-0.2, -0.15) is 0 Å². The van der Waals surface area contributed by atoms with Gasteiger partial charge in [-0.25, -0.2) is 4.79 Å². The summed E-state index contributed by atoms with van der Waals surface area (Å²) in [5.41, 5.74) is 1.06. The molecule has 3 N–H and O–H groups in total. The SMILES string of the molecule is CC(C)CNC(=O)CCNc1ccc(C(=O)O)cc1. The number of anilines is 1. The van der Waals surface area contributed by atoms with Crippen LogP contribution in [0.2, 0.25) is 0 Å². The Morgan fingerprint density at radius 1 is 1.21 bits per heavy atom. The van der Waals surface area contributed by atoms with Crippen LogP contribution in [0.4, 0.5) is 5.69 Å². The normalized spacial score (nSPS) is 10.3. The molecule has 0 fully saturated rings. The molecule has 0 aliphatic rings. The quantitative estimate of drug-likeness (QED) is 0.703. The molecule has 1 aromatic rings. The lowest BCUT2D eigenvalue weighted by atomic mass is 10.2. The molecule has 0 aliphatic heterocycles. The van der Waals surface area contributed by atoms with Gasteiger partial charge >= 0.3 is 5.97 Å². The second kappa shape index (κ2) is 7.41. The molecule has 0 aliphatic carbocycles. The van der Waals surface area contributed by atoms with Gasteiger partial charge in [0.1, 0.15) is 0 Å². The summed E-state index contributed by atoms with van der Waals surface area (Å²) in [6.45, 7) is 5.30. The Balaban J connectivity index is 2.29. The molecule has 19 heavy (non-hydrogen) atoms. The van der Waals surface area contributed by atoms with E-state index in [1.54, 1.807) is 12.1 Å². The van der Waals surface area contributed by atoms with Crippen LogP contribution < -0.4 is 10.6 Å². The van der Waals surface area contributed by atoms with Gasteiger partial charge in [-0.05, 0) is 30.2 Å². The highest BCUT2D eigenvalue weighted by Crippen LogP contribution is 2.09. The van der Waals surface area contributed by atoms with Crippen LogP contribution in [0.25, 0.3) is 0 Å². The monoisotopic (exact) mass is 264 g/mol. The van der Waals surface area contributed by atoms with Gasteiger partial charge in [-0.3, -0.25) is 4.79 Å². The Bertz CT molecular complexity index is 427. The van der Waals surface area contributed by atoms with Crippen molar-refractivity contribution in [1.29, 1.82) is 0 Å². The molecule has 1 aromatic carbocycles. The number of rotatable bonds is 7. The van der Waals surface area contributed by atoms with E-state index in [9.17, 15) is 9.59 Å². The number of carbonyl (C=O) groups is 2. The molecule has 0 unspecified atom stereocenters. The molecule has 0 spiro atoms. The van der Waals surface area contributed by atoms with Gasteiger partial charge in [-0.1, -0.05) is 13.8 Å². The first-order valence-electron chi connectivity index (χ1n) is 6.33. The van der Waals surface area contributed by atoms with Crippen molar-refractivity contribution in [3.63, 3.8) is 0 Å². The predicted molar refractivity (Wildman–Crippen MR) is 74.4 cm³/mol. The molecule has 0 atom stereocenters. The molecule has 0 heterocycles. The average Bonchev–Trinajstić information content (AvgIpc) is 2.37. The first kappa shape index (κ1) is 15.0. The first-order chi connectivity index (χ1) is 8.99. The lowest BCUT2D eigenvalue weighted by Crippen LogP contribution is -2.28. The van der Waals surface area contributed by atoms with E-state index in [0.29, 0.717) is 25.4 Å². The van der Waals surface area contributed by atoms with Gasteiger partial charge in [0.2, 0.25) is 5.91 Å². The van der Waals surface area contributed by atoms with Crippen molar-refractivity contribution in [2.45, 2.75) is 20.3 Å². The minimum absolute atomic E-state index is 0.0170. The highest BCUT2D eigenvalue weighted by Gasteiger charge is 2.03. The smallest absolute Gasteiger partial charge is 0.335 e. The molecule has 0 saturated carbocycles. The van der Waals surface area contributed by atoms with Crippen LogP contribution in [0.5, 0.6) is 0 Å². The van der Waals surface area contributed by atoms with E-state index >= 15 is 0 Å². The van der Waals surface area contributed by atoms with E-state index in [1.807, 2.05) is 13.8 Å². The zero-order valence-corrected chi connectivity index (χ0v) is 11.3. The van der Waals surface area contributed by atoms with E-state index in [4.69, 9.17) is 5.11 Å². The van der Waals surface area contributed by atoms with Crippen LogP contribution in [0.3, 0.4) is 0 Å². The number of carboxylic acid groups (broad SMARTS) is 1. The molecule has 0 aromatic heterocycles. The third-order valence-electron chi connectivity index (χ3n) is 2.52. The van der Waals surface area contributed by atoms with Crippen molar-refractivity contribution < 1.29 is 14.7 Å². The lowest BCUT2D eigenvalue weighted by Gasteiger charge is -2.09. The van der Waals surface area contributed by atoms with Crippen molar-refractivity contribution in [3.05, 3.63) is 29.8 Å². The van der Waals surface area contributed by atoms with Gasteiger partial charge in [0.25, 0.3) is 0 Å². The van der Waals surface area contributed by atoms with Gasteiger partial charge in [0, 0.05) is 25.2 Å². The Morgan fingerprint density at radius 2 is 1.84 bits per heavy atom. The Hall–Kier alpha value is -2.04. The molecular formula is C14H20N2O3. The summed E-state index contributed by atoms with van der Waals surface area (Å²) in [6.07, 6.45) is 0.396. The molecule has 1 amide bonds. The molecule has 104 valence electrons. The van der Waals surface area contributed by atoms with Crippen LogP contribution in [0.15, 0.2) is 24.3 Å². The third kappa shape index (κ3) is 5.90.